The SMILES string of the molecule is CN[C@H]1CC[C@@]2(O)C3Cc4ccc(C)c5c4[C@@]2(CCN3C(=O)C2(OC(C)=O)CC2)[C@H]1O5. The quantitative estimate of drug-likeness (QED) is 0.710. The molecule has 0 radical (unpaired) electrons. The number of aryl methyl sites for hydroxylation is 1. The van der Waals surface area contributed by atoms with E-state index in [4.69, 9.17) is 9.47 Å². The summed E-state index contributed by atoms with van der Waals surface area (Å²) >= 11 is 0. The van der Waals surface area contributed by atoms with Crippen molar-refractivity contribution < 1.29 is 24.2 Å². The Hall–Kier alpha value is -2.12. The topological polar surface area (TPSA) is 88.1 Å². The molecule has 3 fully saturated rings. The highest BCUT2D eigenvalue weighted by Crippen LogP contribution is 2.64. The molecule has 166 valence electrons. The standard InChI is InChI=1S/C24H30N2O5/c1-13-4-5-15-12-17-24(29)7-6-16(25-3)20-23(24,18(15)19(13)30-20)10-11-26(17)21(28)22(8-9-22)31-14(2)27/h4-5,16-17,20,25,29H,6-12H2,1-3H3/t16-,17?,20-,23-,24+/m0/s1. The van der Waals surface area contributed by atoms with Crippen LogP contribution in [0.2, 0.25) is 0 Å². The lowest BCUT2D eigenvalue weighted by molar-refractivity contribution is -0.201. The van der Waals surface area contributed by atoms with Gasteiger partial charge in [-0.1, -0.05) is 12.1 Å². The van der Waals surface area contributed by atoms with E-state index < -0.39 is 22.6 Å². The van der Waals surface area contributed by atoms with Crippen molar-refractivity contribution in [3.63, 3.8) is 0 Å². The summed E-state index contributed by atoms with van der Waals surface area (Å²) in [6.45, 7) is 3.96. The van der Waals surface area contributed by atoms with Crippen LogP contribution in [-0.4, -0.2) is 64.9 Å². The number of hydrogen-bond donors (Lipinski definition) is 2. The summed E-state index contributed by atoms with van der Waals surface area (Å²) in [6, 6.07) is 4.04. The van der Waals surface area contributed by atoms with Gasteiger partial charge in [-0.3, -0.25) is 9.59 Å². The largest absolute Gasteiger partial charge is 0.487 e. The normalized spacial score (nSPS) is 38.2. The van der Waals surface area contributed by atoms with E-state index in [-0.39, 0.29) is 24.1 Å². The summed E-state index contributed by atoms with van der Waals surface area (Å²) < 4.78 is 12.1. The number of likely N-dealkylation sites (N-methyl/N-ethyl adjacent to an activating group) is 1. The first-order valence-corrected chi connectivity index (χ1v) is 11.5. The van der Waals surface area contributed by atoms with Gasteiger partial charge in [0.25, 0.3) is 5.91 Å². The first-order valence-electron chi connectivity index (χ1n) is 11.5. The molecule has 1 spiro atoms. The van der Waals surface area contributed by atoms with Gasteiger partial charge < -0.3 is 24.8 Å². The van der Waals surface area contributed by atoms with Gasteiger partial charge >= 0.3 is 5.97 Å². The van der Waals surface area contributed by atoms with Gasteiger partial charge in [0.05, 0.1) is 17.1 Å². The second-order valence-electron chi connectivity index (χ2n) is 10.2. The van der Waals surface area contributed by atoms with Gasteiger partial charge in [-0.05, 0) is 50.8 Å². The monoisotopic (exact) mass is 426 g/mol. The Morgan fingerprint density at radius 1 is 1.26 bits per heavy atom. The smallest absolute Gasteiger partial charge is 0.303 e. The van der Waals surface area contributed by atoms with Crippen molar-refractivity contribution in [2.75, 3.05) is 13.6 Å². The highest BCUT2D eigenvalue weighted by Gasteiger charge is 2.74. The number of carbonyl (C=O) groups excluding carboxylic acids is 2. The van der Waals surface area contributed by atoms with Crippen LogP contribution in [0.25, 0.3) is 0 Å². The van der Waals surface area contributed by atoms with Crippen LogP contribution in [-0.2, 0) is 26.2 Å². The molecule has 7 nitrogen and oxygen atoms in total. The molecule has 3 aliphatic carbocycles. The molecular weight excluding hydrogens is 396 g/mol. The molecular formula is C24H30N2O5. The molecule has 2 aliphatic heterocycles. The minimum atomic E-state index is -1.06. The van der Waals surface area contributed by atoms with E-state index >= 15 is 0 Å². The molecule has 31 heavy (non-hydrogen) atoms. The Kier molecular flexibility index (Phi) is 3.79. The Labute approximate surface area is 182 Å². The lowest BCUT2D eigenvalue weighted by atomic mass is 9.48. The summed E-state index contributed by atoms with van der Waals surface area (Å²) in [5.41, 5.74) is 0.835. The minimum Gasteiger partial charge on any atom is -0.487 e. The number of rotatable bonds is 3. The van der Waals surface area contributed by atoms with Crippen molar-refractivity contribution in [3.05, 3.63) is 28.8 Å². The van der Waals surface area contributed by atoms with Gasteiger partial charge in [0.1, 0.15) is 11.9 Å². The number of piperidine rings is 1. The molecule has 2 saturated carbocycles. The molecule has 1 aromatic carbocycles. The molecule has 6 rings (SSSR count). The van der Waals surface area contributed by atoms with Crippen molar-refractivity contribution in [2.45, 2.75) is 87.2 Å². The van der Waals surface area contributed by atoms with Crippen molar-refractivity contribution in [2.24, 2.45) is 0 Å². The van der Waals surface area contributed by atoms with E-state index in [0.717, 1.165) is 17.7 Å². The maximum Gasteiger partial charge on any atom is 0.303 e. The summed E-state index contributed by atoms with van der Waals surface area (Å²) in [5, 5.41) is 15.8. The summed E-state index contributed by atoms with van der Waals surface area (Å²) in [6.07, 6.45) is 3.61. The van der Waals surface area contributed by atoms with Crippen molar-refractivity contribution >= 4 is 11.9 Å². The fourth-order valence-corrected chi connectivity index (χ4v) is 7.24. The number of nitrogens with zero attached hydrogens (tertiary/aromatic N) is 1. The summed E-state index contributed by atoms with van der Waals surface area (Å²) in [7, 11) is 1.96. The van der Waals surface area contributed by atoms with E-state index in [2.05, 4.69) is 24.4 Å². The van der Waals surface area contributed by atoms with Crippen molar-refractivity contribution in [3.8, 4) is 5.75 Å². The lowest BCUT2D eigenvalue weighted by Gasteiger charge is -2.64. The number of nitrogens with one attached hydrogen (secondary N) is 1. The van der Waals surface area contributed by atoms with Crippen molar-refractivity contribution in [1.29, 1.82) is 0 Å². The van der Waals surface area contributed by atoms with E-state index in [0.29, 0.717) is 38.6 Å². The molecule has 2 bridgehead atoms. The van der Waals surface area contributed by atoms with Crippen LogP contribution in [0.4, 0.5) is 0 Å². The fourth-order valence-electron chi connectivity index (χ4n) is 7.24. The Bertz CT molecular complexity index is 1000. The molecule has 1 amide bonds. The van der Waals surface area contributed by atoms with E-state index in [9.17, 15) is 14.7 Å². The molecule has 2 heterocycles. The number of esters is 1. The highest BCUT2D eigenvalue weighted by atomic mass is 16.6. The van der Waals surface area contributed by atoms with Crippen molar-refractivity contribution in [1.82, 2.24) is 10.2 Å². The Morgan fingerprint density at radius 2 is 2.03 bits per heavy atom. The zero-order chi connectivity index (χ0) is 21.8. The lowest BCUT2D eigenvalue weighted by Crippen LogP contribution is -2.79. The highest BCUT2D eigenvalue weighted by molar-refractivity contribution is 5.91. The Morgan fingerprint density at radius 3 is 2.71 bits per heavy atom. The molecule has 5 atom stereocenters. The molecule has 7 heteroatoms. The Balaban J connectivity index is 1.48. The number of amides is 1. The van der Waals surface area contributed by atoms with Crippen LogP contribution in [0.5, 0.6) is 5.75 Å². The van der Waals surface area contributed by atoms with Gasteiger partial charge in [-0.2, -0.15) is 0 Å². The molecule has 1 unspecified atom stereocenters. The first kappa shape index (κ1) is 19.6. The van der Waals surface area contributed by atoms with E-state index in [1.807, 2.05) is 11.9 Å². The zero-order valence-corrected chi connectivity index (χ0v) is 18.4. The zero-order valence-electron chi connectivity index (χ0n) is 18.4. The van der Waals surface area contributed by atoms with Crippen LogP contribution in [0, 0.1) is 6.92 Å². The van der Waals surface area contributed by atoms with E-state index in [1.165, 1.54) is 18.1 Å². The molecule has 1 saturated heterocycles. The van der Waals surface area contributed by atoms with Gasteiger partial charge in [0.2, 0.25) is 0 Å². The molecule has 0 aromatic heterocycles. The number of carbonyl (C=O) groups is 2. The first-order chi connectivity index (χ1) is 14.8. The van der Waals surface area contributed by atoms with Crippen LogP contribution >= 0.6 is 0 Å². The number of likely N-dealkylation sites (tertiary alicyclic amines) is 1. The third kappa shape index (κ3) is 2.21. The summed E-state index contributed by atoms with van der Waals surface area (Å²) in [5.74, 6) is 0.365. The van der Waals surface area contributed by atoms with Gasteiger partial charge in [-0.25, -0.2) is 0 Å². The predicted octanol–water partition coefficient (Wildman–Crippen LogP) is 1.36. The number of aliphatic hydroxyl groups is 1. The third-order valence-electron chi connectivity index (χ3n) is 8.74. The second kappa shape index (κ2) is 6.01. The molecule has 1 aromatic rings. The predicted molar refractivity (Wildman–Crippen MR) is 112 cm³/mol. The summed E-state index contributed by atoms with van der Waals surface area (Å²) in [4.78, 5) is 27.1. The van der Waals surface area contributed by atoms with Crippen LogP contribution in [0.3, 0.4) is 0 Å². The maximum absolute atomic E-state index is 13.6. The number of benzene rings is 1. The van der Waals surface area contributed by atoms with Crippen LogP contribution in [0.1, 0.15) is 55.7 Å². The molecule has 2 N–H and O–H groups in total. The minimum absolute atomic E-state index is 0.141. The maximum atomic E-state index is 13.6. The number of ether oxygens (including phenoxy) is 2. The van der Waals surface area contributed by atoms with E-state index in [1.54, 1.807) is 0 Å². The van der Waals surface area contributed by atoms with Gasteiger partial charge in [0, 0.05) is 37.9 Å². The average Bonchev–Trinajstić information content (AvgIpc) is 3.40. The molecule has 5 aliphatic rings. The van der Waals surface area contributed by atoms with Crippen LogP contribution in [0.15, 0.2) is 12.1 Å². The second-order valence-corrected chi connectivity index (χ2v) is 10.2. The van der Waals surface area contributed by atoms with Gasteiger partial charge in [0.15, 0.2) is 5.60 Å². The third-order valence-corrected chi connectivity index (χ3v) is 8.74. The van der Waals surface area contributed by atoms with Crippen LogP contribution < -0.4 is 10.1 Å². The van der Waals surface area contributed by atoms with Gasteiger partial charge in [-0.15, -0.1) is 0 Å². The fraction of sp³-hybridized carbons (Fsp3) is 0.667. The average molecular weight is 427 g/mol. The number of hydrogen-bond acceptors (Lipinski definition) is 6.